The molecule has 0 radical (unpaired) electrons. The van der Waals surface area contributed by atoms with E-state index < -0.39 is 0 Å². The zero-order valence-electron chi connectivity index (χ0n) is 13.3. The van der Waals surface area contributed by atoms with Crippen molar-refractivity contribution in [1.82, 2.24) is 4.90 Å². The minimum atomic E-state index is -0.0396. The fraction of sp³-hybridized carbons (Fsp3) is 0.444. The van der Waals surface area contributed by atoms with Crippen LogP contribution in [0.3, 0.4) is 0 Å². The van der Waals surface area contributed by atoms with E-state index in [1.807, 2.05) is 19.1 Å². The summed E-state index contributed by atoms with van der Waals surface area (Å²) in [6.45, 7) is 5.60. The first-order valence-corrected chi connectivity index (χ1v) is 7.60. The number of benzene rings is 1. The van der Waals surface area contributed by atoms with E-state index in [0.717, 1.165) is 30.9 Å². The Bertz CT molecular complexity index is 543. The molecular formula is C18H26N2O. The summed E-state index contributed by atoms with van der Waals surface area (Å²) in [5.41, 5.74) is 7.44. The van der Waals surface area contributed by atoms with Crippen LogP contribution in [0.5, 0.6) is 0 Å². The second kappa shape index (κ2) is 6.92. The molecule has 1 heterocycles. The molecule has 0 amide bonds. The molecule has 0 spiro atoms. The fourth-order valence-corrected chi connectivity index (χ4v) is 2.85. The number of likely N-dealkylation sites (N-methyl/N-ethyl adjacent to an activating group) is 1. The third kappa shape index (κ3) is 3.74. The van der Waals surface area contributed by atoms with Gasteiger partial charge in [-0.1, -0.05) is 37.3 Å². The van der Waals surface area contributed by atoms with E-state index in [1.165, 1.54) is 5.56 Å². The van der Waals surface area contributed by atoms with Gasteiger partial charge < -0.3 is 10.2 Å². The normalized spacial score (nSPS) is 14.3. The Balaban J connectivity index is 2.16. The van der Waals surface area contributed by atoms with Gasteiger partial charge in [0.1, 0.15) is 11.5 Å². The Morgan fingerprint density at radius 3 is 2.38 bits per heavy atom. The lowest BCUT2D eigenvalue weighted by atomic mass is 9.86. The van der Waals surface area contributed by atoms with Gasteiger partial charge in [-0.05, 0) is 44.5 Å². The highest BCUT2D eigenvalue weighted by atomic mass is 16.3. The zero-order chi connectivity index (χ0) is 15.3. The first-order chi connectivity index (χ1) is 10.1. The average molecular weight is 286 g/mol. The van der Waals surface area contributed by atoms with Gasteiger partial charge in [-0.15, -0.1) is 0 Å². The number of hydrogen-bond acceptors (Lipinski definition) is 3. The predicted octanol–water partition coefficient (Wildman–Crippen LogP) is 3.37. The summed E-state index contributed by atoms with van der Waals surface area (Å²) in [4.78, 5) is 2.33. The number of nitrogens with zero attached hydrogens (tertiary/aromatic N) is 1. The maximum atomic E-state index is 6.15. The van der Waals surface area contributed by atoms with Crippen molar-refractivity contribution in [3.63, 3.8) is 0 Å². The highest BCUT2D eigenvalue weighted by molar-refractivity contribution is 5.18. The van der Waals surface area contributed by atoms with Crippen LogP contribution in [0.25, 0.3) is 0 Å². The summed E-state index contributed by atoms with van der Waals surface area (Å²) >= 11 is 0. The Hall–Kier alpha value is -1.58. The zero-order valence-corrected chi connectivity index (χ0v) is 13.3. The monoisotopic (exact) mass is 286 g/mol. The van der Waals surface area contributed by atoms with E-state index in [4.69, 9.17) is 10.2 Å². The van der Waals surface area contributed by atoms with Crippen LogP contribution >= 0.6 is 0 Å². The van der Waals surface area contributed by atoms with E-state index >= 15 is 0 Å². The number of hydrogen-bond donors (Lipinski definition) is 1. The molecule has 114 valence electrons. The Morgan fingerprint density at radius 2 is 1.86 bits per heavy atom. The van der Waals surface area contributed by atoms with Crippen LogP contribution in [0.1, 0.15) is 30.4 Å². The molecule has 3 heteroatoms. The van der Waals surface area contributed by atoms with E-state index in [1.54, 1.807) is 0 Å². The molecule has 0 aliphatic heterocycles. The van der Waals surface area contributed by atoms with Crippen LogP contribution in [-0.4, -0.2) is 24.0 Å². The predicted molar refractivity (Wildman–Crippen MR) is 87.1 cm³/mol. The topological polar surface area (TPSA) is 42.4 Å². The van der Waals surface area contributed by atoms with Gasteiger partial charge >= 0.3 is 0 Å². The third-order valence-electron chi connectivity index (χ3n) is 4.41. The Labute approximate surface area is 127 Å². The van der Waals surface area contributed by atoms with Crippen molar-refractivity contribution < 1.29 is 4.42 Å². The van der Waals surface area contributed by atoms with Gasteiger partial charge in [0.05, 0.1) is 6.54 Å². The average Bonchev–Trinajstić information content (AvgIpc) is 2.91. The van der Waals surface area contributed by atoms with Crippen LogP contribution in [0, 0.1) is 6.92 Å². The number of aryl methyl sites for hydroxylation is 1. The SMILES string of the molecule is CCC(CN)(Cc1ccccc1)N(C)Cc1ccc(C)o1. The lowest BCUT2D eigenvalue weighted by Gasteiger charge is -2.40. The fourth-order valence-electron chi connectivity index (χ4n) is 2.85. The van der Waals surface area contributed by atoms with E-state index in [9.17, 15) is 0 Å². The van der Waals surface area contributed by atoms with Crippen LogP contribution in [0.4, 0.5) is 0 Å². The quantitative estimate of drug-likeness (QED) is 0.848. The highest BCUT2D eigenvalue weighted by Crippen LogP contribution is 2.25. The molecule has 21 heavy (non-hydrogen) atoms. The molecule has 1 aromatic heterocycles. The standard InChI is InChI=1S/C18H26N2O/c1-4-18(14-19,12-16-8-6-5-7-9-16)20(3)13-17-11-10-15(2)21-17/h5-11H,4,12-14,19H2,1-3H3. The van der Waals surface area contributed by atoms with Gasteiger partial charge in [0, 0.05) is 12.1 Å². The van der Waals surface area contributed by atoms with Gasteiger partial charge in [0.25, 0.3) is 0 Å². The molecule has 1 aromatic carbocycles. The molecule has 0 saturated heterocycles. The summed E-state index contributed by atoms with van der Waals surface area (Å²) < 4.78 is 5.71. The molecule has 0 fully saturated rings. The third-order valence-corrected chi connectivity index (χ3v) is 4.41. The molecule has 0 saturated carbocycles. The number of nitrogens with two attached hydrogens (primary N) is 1. The van der Waals surface area contributed by atoms with Crippen LogP contribution in [0.2, 0.25) is 0 Å². The maximum absolute atomic E-state index is 6.15. The van der Waals surface area contributed by atoms with E-state index in [2.05, 4.69) is 49.2 Å². The lowest BCUT2D eigenvalue weighted by Crippen LogP contribution is -2.52. The first-order valence-electron chi connectivity index (χ1n) is 7.60. The number of rotatable bonds is 7. The summed E-state index contributed by atoms with van der Waals surface area (Å²) in [5, 5.41) is 0. The van der Waals surface area contributed by atoms with Gasteiger partial charge in [0.2, 0.25) is 0 Å². The summed E-state index contributed by atoms with van der Waals surface area (Å²) in [5.74, 6) is 1.95. The Kier molecular flexibility index (Phi) is 5.21. The Morgan fingerprint density at radius 1 is 1.14 bits per heavy atom. The van der Waals surface area contributed by atoms with Crippen molar-refractivity contribution in [3.8, 4) is 0 Å². The van der Waals surface area contributed by atoms with Gasteiger partial charge in [0.15, 0.2) is 0 Å². The maximum Gasteiger partial charge on any atom is 0.118 e. The van der Waals surface area contributed by atoms with E-state index in [0.29, 0.717) is 6.54 Å². The molecular weight excluding hydrogens is 260 g/mol. The highest BCUT2D eigenvalue weighted by Gasteiger charge is 2.32. The molecule has 0 aliphatic carbocycles. The first kappa shape index (κ1) is 15.8. The smallest absolute Gasteiger partial charge is 0.118 e. The van der Waals surface area contributed by atoms with Crippen molar-refractivity contribution in [2.75, 3.05) is 13.6 Å². The molecule has 0 aliphatic rings. The van der Waals surface area contributed by atoms with Gasteiger partial charge in [-0.25, -0.2) is 0 Å². The van der Waals surface area contributed by atoms with Crippen LogP contribution in [0.15, 0.2) is 46.9 Å². The van der Waals surface area contributed by atoms with Gasteiger partial charge in [-0.2, -0.15) is 0 Å². The van der Waals surface area contributed by atoms with Crippen molar-refractivity contribution >= 4 is 0 Å². The summed E-state index contributed by atoms with van der Waals surface area (Å²) in [7, 11) is 2.14. The summed E-state index contributed by atoms with van der Waals surface area (Å²) in [6.07, 6.45) is 1.96. The molecule has 1 atom stereocenters. The van der Waals surface area contributed by atoms with Crippen molar-refractivity contribution in [1.29, 1.82) is 0 Å². The second-order valence-electron chi connectivity index (χ2n) is 5.81. The van der Waals surface area contributed by atoms with Crippen LogP contribution in [-0.2, 0) is 13.0 Å². The van der Waals surface area contributed by atoms with Gasteiger partial charge in [-0.3, -0.25) is 4.90 Å². The minimum Gasteiger partial charge on any atom is -0.465 e. The van der Waals surface area contributed by atoms with Crippen molar-refractivity contribution in [2.45, 2.75) is 38.8 Å². The van der Waals surface area contributed by atoms with Crippen LogP contribution < -0.4 is 5.73 Å². The second-order valence-corrected chi connectivity index (χ2v) is 5.81. The van der Waals surface area contributed by atoms with Crippen molar-refractivity contribution in [3.05, 3.63) is 59.5 Å². The van der Waals surface area contributed by atoms with Crippen molar-refractivity contribution in [2.24, 2.45) is 5.73 Å². The lowest BCUT2D eigenvalue weighted by molar-refractivity contribution is 0.103. The largest absolute Gasteiger partial charge is 0.465 e. The molecule has 1 unspecified atom stereocenters. The molecule has 2 N–H and O–H groups in total. The molecule has 2 aromatic rings. The molecule has 0 bridgehead atoms. The number of furan rings is 1. The molecule has 3 nitrogen and oxygen atoms in total. The van der Waals surface area contributed by atoms with E-state index in [-0.39, 0.29) is 5.54 Å². The minimum absolute atomic E-state index is 0.0396. The summed E-state index contributed by atoms with van der Waals surface area (Å²) in [6, 6.07) is 14.6. The molecule has 2 rings (SSSR count).